The average molecular weight is 335 g/mol. The summed E-state index contributed by atoms with van der Waals surface area (Å²) in [5.41, 5.74) is 5.14. The van der Waals surface area contributed by atoms with E-state index < -0.39 is 24.0 Å². The van der Waals surface area contributed by atoms with Gasteiger partial charge in [0.15, 0.2) is 0 Å². The SMILES string of the molecule is CCOC(=O)C(F)[C@H](N)c1c(Cl)ccc(Cl)c1F.Cl. The van der Waals surface area contributed by atoms with Crippen molar-refractivity contribution in [3.05, 3.63) is 33.6 Å². The van der Waals surface area contributed by atoms with Crippen molar-refractivity contribution in [2.75, 3.05) is 6.61 Å². The maximum Gasteiger partial charge on any atom is 0.342 e. The number of halogens is 5. The van der Waals surface area contributed by atoms with E-state index in [1.165, 1.54) is 19.1 Å². The molecule has 1 aromatic rings. The van der Waals surface area contributed by atoms with E-state index in [9.17, 15) is 13.6 Å². The second kappa shape index (κ2) is 7.85. The number of nitrogens with two attached hydrogens (primary N) is 1. The summed E-state index contributed by atoms with van der Waals surface area (Å²) in [4.78, 5) is 11.2. The number of esters is 1. The molecule has 0 radical (unpaired) electrons. The van der Waals surface area contributed by atoms with Crippen molar-refractivity contribution in [3.63, 3.8) is 0 Å². The van der Waals surface area contributed by atoms with Crippen molar-refractivity contribution in [2.24, 2.45) is 5.73 Å². The van der Waals surface area contributed by atoms with Crippen LogP contribution < -0.4 is 5.73 Å². The van der Waals surface area contributed by atoms with Crippen molar-refractivity contribution >= 4 is 41.6 Å². The molecule has 2 atom stereocenters. The molecule has 0 spiro atoms. The summed E-state index contributed by atoms with van der Waals surface area (Å²) in [6.07, 6.45) is -2.21. The smallest absolute Gasteiger partial charge is 0.342 e. The molecule has 0 aliphatic rings. The molecule has 1 unspecified atom stereocenters. The molecule has 2 N–H and O–H groups in total. The number of alkyl halides is 1. The van der Waals surface area contributed by atoms with E-state index in [0.29, 0.717) is 0 Å². The molecule has 108 valence electrons. The molecule has 8 heteroatoms. The van der Waals surface area contributed by atoms with Gasteiger partial charge in [-0.2, -0.15) is 0 Å². The fraction of sp³-hybridized carbons (Fsp3) is 0.364. The predicted molar refractivity (Wildman–Crippen MR) is 72.1 cm³/mol. The van der Waals surface area contributed by atoms with Crippen LogP contribution in [0.5, 0.6) is 0 Å². The number of hydrogen-bond donors (Lipinski definition) is 1. The molecular weight excluding hydrogens is 322 g/mol. The lowest BCUT2D eigenvalue weighted by atomic mass is 10.0. The van der Waals surface area contributed by atoms with Crippen LogP contribution in [0.3, 0.4) is 0 Å². The average Bonchev–Trinajstić information content (AvgIpc) is 2.33. The van der Waals surface area contributed by atoms with E-state index >= 15 is 0 Å². The molecule has 0 saturated heterocycles. The van der Waals surface area contributed by atoms with Crippen LogP contribution in [-0.4, -0.2) is 18.7 Å². The minimum absolute atomic E-state index is 0. The summed E-state index contributed by atoms with van der Waals surface area (Å²) in [6, 6.07) is 0.919. The Hall–Kier alpha value is -0.620. The molecule has 0 heterocycles. The summed E-state index contributed by atoms with van der Waals surface area (Å²) in [5, 5.41) is -0.350. The van der Waals surface area contributed by atoms with Crippen LogP contribution in [0.2, 0.25) is 10.0 Å². The second-order valence-corrected chi connectivity index (χ2v) is 4.25. The van der Waals surface area contributed by atoms with Gasteiger partial charge in [0.2, 0.25) is 6.17 Å². The summed E-state index contributed by atoms with van der Waals surface area (Å²) >= 11 is 11.3. The predicted octanol–water partition coefficient (Wildman–Crippen LogP) is 3.46. The van der Waals surface area contributed by atoms with E-state index in [-0.39, 0.29) is 34.6 Å². The molecule has 1 aromatic carbocycles. The van der Waals surface area contributed by atoms with Crippen LogP contribution in [0.4, 0.5) is 8.78 Å². The minimum Gasteiger partial charge on any atom is -0.464 e. The van der Waals surface area contributed by atoms with Crippen molar-refractivity contribution in [3.8, 4) is 0 Å². The number of rotatable bonds is 4. The first-order chi connectivity index (χ1) is 8.40. The van der Waals surface area contributed by atoms with Crippen molar-refractivity contribution in [1.82, 2.24) is 0 Å². The van der Waals surface area contributed by atoms with Gasteiger partial charge in [-0.3, -0.25) is 0 Å². The topological polar surface area (TPSA) is 52.3 Å². The summed E-state index contributed by atoms with van der Waals surface area (Å²) in [6.45, 7) is 1.51. The third-order valence-corrected chi connectivity index (χ3v) is 2.86. The Morgan fingerprint density at radius 2 is 1.95 bits per heavy atom. The third kappa shape index (κ3) is 4.18. The van der Waals surface area contributed by atoms with Gasteiger partial charge in [-0.25, -0.2) is 13.6 Å². The molecule has 1 rings (SSSR count). The maximum atomic E-state index is 13.7. The van der Waals surface area contributed by atoms with Gasteiger partial charge in [0, 0.05) is 10.6 Å². The molecule has 0 aliphatic carbocycles. The van der Waals surface area contributed by atoms with Crippen LogP contribution in [-0.2, 0) is 9.53 Å². The first-order valence-corrected chi connectivity index (χ1v) is 5.85. The Bertz CT molecular complexity index is 460. The molecule has 0 bridgehead atoms. The van der Waals surface area contributed by atoms with Crippen molar-refractivity contribution in [2.45, 2.75) is 19.1 Å². The molecule has 0 amide bonds. The highest BCUT2D eigenvalue weighted by Crippen LogP contribution is 2.32. The number of benzene rings is 1. The van der Waals surface area contributed by atoms with Crippen LogP contribution in [0.1, 0.15) is 18.5 Å². The monoisotopic (exact) mass is 333 g/mol. The normalized spacial score (nSPS) is 13.4. The van der Waals surface area contributed by atoms with Crippen molar-refractivity contribution < 1.29 is 18.3 Å². The van der Waals surface area contributed by atoms with Gasteiger partial charge in [-0.1, -0.05) is 23.2 Å². The first kappa shape index (κ1) is 18.4. The maximum absolute atomic E-state index is 13.7. The van der Waals surface area contributed by atoms with Gasteiger partial charge < -0.3 is 10.5 Å². The molecule has 0 aromatic heterocycles. The highest BCUT2D eigenvalue weighted by molar-refractivity contribution is 6.33. The zero-order chi connectivity index (χ0) is 13.9. The molecule has 0 fully saturated rings. The fourth-order valence-corrected chi connectivity index (χ4v) is 1.80. The van der Waals surface area contributed by atoms with Gasteiger partial charge in [0.05, 0.1) is 17.7 Å². The van der Waals surface area contributed by atoms with Crippen molar-refractivity contribution in [1.29, 1.82) is 0 Å². The first-order valence-electron chi connectivity index (χ1n) is 5.09. The number of ether oxygens (including phenoxy) is 1. The molecular formula is C11H12Cl3F2NO2. The molecule has 0 aliphatic heterocycles. The van der Waals surface area contributed by atoms with Gasteiger partial charge >= 0.3 is 5.97 Å². The molecule has 0 saturated carbocycles. The van der Waals surface area contributed by atoms with E-state index in [1.54, 1.807) is 0 Å². The van der Waals surface area contributed by atoms with E-state index in [1.807, 2.05) is 0 Å². The summed E-state index contributed by atoms with van der Waals surface area (Å²) in [5.74, 6) is -2.11. The quantitative estimate of drug-likeness (QED) is 0.678. The van der Waals surface area contributed by atoms with Gasteiger partial charge in [0.25, 0.3) is 0 Å². The summed E-state index contributed by atoms with van der Waals surface area (Å²) in [7, 11) is 0. The van der Waals surface area contributed by atoms with Crippen LogP contribution in [0.25, 0.3) is 0 Å². The fourth-order valence-electron chi connectivity index (χ4n) is 1.36. The highest BCUT2D eigenvalue weighted by Gasteiger charge is 2.31. The number of carbonyl (C=O) groups excluding carboxylic acids is 1. The lowest BCUT2D eigenvalue weighted by molar-refractivity contribution is -0.149. The summed E-state index contributed by atoms with van der Waals surface area (Å²) < 4.78 is 31.9. The zero-order valence-corrected chi connectivity index (χ0v) is 12.2. The number of hydrogen-bond acceptors (Lipinski definition) is 3. The molecule has 3 nitrogen and oxygen atoms in total. The van der Waals surface area contributed by atoms with E-state index in [4.69, 9.17) is 28.9 Å². The molecule has 19 heavy (non-hydrogen) atoms. The van der Waals surface area contributed by atoms with Gasteiger partial charge in [-0.15, -0.1) is 12.4 Å². The lowest BCUT2D eigenvalue weighted by Gasteiger charge is -2.18. The largest absolute Gasteiger partial charge is 0.464 e. The van der Waals surface area contributed by atoms with Gasteiger partial charge in [-0.05, 0) is 19.1 Å². The van der Waals surface area contributed by atoms with E-state index in [2.05, 4.69) is 4.74 Å². The Labute approximate surface area is 125 Å². The van der Waals surface area contributed by atoms with Crippen LogP contribution in [0.15, 0.2) is 12.1 Å². The second-order valence-electron chi connectivity index (χ2n) is 3.44. The minimum atomic E-state index is -2.21. The zero-order valence-electron chi connectivity index (χ0n) is 9.83. The standard InChI is InChI=1S/C11H11Cl2F2NO2.ClH/c1-2-18-11(17)9(15)10(16)7-5(12)3-4-6(13)8(7)14;/h3-4,9-10H,2,16H2,1H3;1H/t9?,10-;/m1./s1. The third-order valence-electron chi connectivity index (χ3n) is 2.24. The van der Waals surface area contributed by atoms with Gasteiger partial charge in [0.1, 0.15) is 5.82 Å². The Kier molecular flexibility index (Phi) is 7.59. The Morgan fingerprint density at radius 1 is 1.42 bits per heavy atom. The highest BCUT2D eigenvalue weighted by atomic mass is 35.5. The van der Waals surface area contributed by atoms with Crippen LogP contribution in [0, 0.1) is 5.82 Å². The van der Waals surface area contributed by atoms with Crippen LogP contribution >= 0.6 is 35.6 Å². The van der Waals surface area contributed by atoms with E-state index in [0.717, 1.165) is 0 Å². The number of carbonyl (C=O) groups is 1. The lowest BCUT2D eigenvalue weighted by Crippen LogP contribution is -2.32. The Morgan fingerprint density at radius 3 is 2.47 bits per heavy atom. The Balaban J connectivity index is 0.00000324.